The van der Waals surface area contributed by atoms with Gasteiger partial charge in [0.15, 0.2) is 5.75 Å². The van der Waals surface area contributed by atoms with E-state index in [2.05, 4.69) is 5.10 Å². The molecule has 0 aliphatic rings. The molecule has 5 nitrogen and oxygen atoms in total. The highest BCUT2D eigenvalue weighted by Crippen LogP contribution is 2.36. The van der Waals surface area contributed by atoms with Gasteiger partial charge in [0, 0.05) is 12.1 Å². The van der Waals surface area contributed by atoms with E-state index in [-0.39, 0.29) is 28.0 Å². The van der Waals surface area contributed by atoms with Gasteiger partial charge < -0.3 is 9.84 Å². The summed E-state index contributed by atoms with van der Waals surface area (Å²) in [6, 6.07) is 2.98. The van der Waals surface area contributed by atoms with Crippen molar-refractivity contribution < 1.29 is 14.6 Å². The summed E-state index contributed by atoms with van der Waals surface area (Å²) in [6.45, 7) is -0.0286. The van der Waals surface area contributed by atoms with Gasteiger partial charge in [-0.25, -0.2) is 4.79 Å². The van der Waals surface area contributed by atoms with Gasteiger partial charge in [-0.05, 0) is 12.1 Å². The largest absolute Gasteiger partial charge is 0.484 e. The molecule has 106 valence electrons. The van der Waals surface area contributed by atoms with E-state index in [4.69, 9.17) is 44.6 Å². The summed E-state index contributed by atoms with van der Waals surface area (Å²) in [7, 11) is 1.62. The lowest BCUT2D eigenvalue weighted by Crippen LogP contribution is -2.08. The van der Waals surface area contributed by atoms with Crippen LogP contribution in [0.1, 0.15) is 16.1 Å². The molecule has 0 saturated heterocycles. The topological polar surface area (TPSA) is 64.4 Å². The number of aryl methyl sites for hydroxylation is 1. The van der Waals surface area contributed by atoms with Crippen molar-refractivity contribution in [2.24, 2.45) is 7.05 Å². The molecule has 0 saturated carbocycles. The van der Waals surface area contributed by atoms with Gasteiger partial charge in [-0.15, -0.1) is 0 Å². The zero-order valence-electron chi connectivity index (χ0n) is 10.2. The van der Waals surface area contributed by atoms with E-state index in [9.17, 15) is 4.79 Å². The standard InChI is InChI=1S/C12H9Cl3N2O3/c1-17-10(7(4-16-17)12(18)19)5-20-11-8(14)2-6(13)3-9(11)15/h2-4H,5H2,1H3,(H,18,19). The van der Waals surface area contributed by atoms with E-state index >= 15 is 0 Å². The molecule has 0 unspecified atom stereocenters. The van der Waals surface area contributed by atoms with Crippen LogP contribution in [0.3, 0.4) is 0 Å². The number of carboxylic acids is 1. The molecule has 1 aromatic carbocycles. The summed E-state index contributed by atoms with van der Waals surface area (Å²) in [5, 5.41) is 13.8. The van der Waals surface area contributed by atoms with Crippen LogP contribution in [0.4, 0.5) is 0 Å². The summed E-state index contributed by atoms with van der Waals surface area (Å²) in [6.07, 6.45) is 1.26. The van der Waals surface area contributed by atoms with Gasteiger partial charge in [-0.1, -0.05) is 34.8 Å². The van der Waals surface area contributed by atoms with E-state index in [1.807, 2.05) is 0 Å². The Balaban J connectivity index is 2.26. The Bertz CT molecular complexity index is 647. The first-order chi connectivity index (χ1) is 9.40. The molecule has 0 spiro atoms. The van der Waals surface area contributed by atoms with Gasteiger partial charge in [0.25, 0.3) is 0 Å². The summed E-state index contributed by atoms with van der Waals surface area (Å²) in [5.41, 5.74) is 0.466. The number of carboxylic acid groups (broad SMARTS) is 1. The predicted molar refractivity (Wildman–Crippen MR) is 76.0 cm³/mol. The second-order valence-corrected chi connectivity index (χ2v) is 5.17. The molecule has 0 fully saturated rings. The van der Waals surface area contributed by atoms with Crippen LogP contribution in [-0.4, -0.2) is 20.9 Å². The van der Waals surface area contributed by atoms with Crippen LogP contribution in [-0.2, 0) is 13.7 Å². The van der Waals surface area contributed by atoms with Crippen molar-refractivity contribution in [2.75, 3.05) is 0 Å². The van der Waals surface area contributed by atoms with Gasteiger partial charge in [-0.2, -0.15) is 5.10 Å². The molecule has 2 aromatic rings. The van der Waals surface area contributed by atoms with Crippen LogP contribution in [0.25, 0.3) is 0 Å². The number of carbonyl (C=O) groups is 1. The molecule has 0 bridgehead atoms. The number of aromatic nitrogens is 2. The highest BCUT2D eigenvalue weighted by Gasteiger charge is 2.17. The number of aromatic carboxylic acids is 1. The monoisotopic (exact) mass is 334 g/mol. The Morgan fingerprint density at radius 3 is 2.50 bits per heavy atom. The first-order valence-corrected chi connectivity index (χ1v) is 6.55. The number of hydrogen-bond donors (Lipinski definition) is 1. The normalized spacial score (nSPS) is 10.6. The summed E-state index contributed by atoms with van der Waals surface area (Å²) in [4.78, 5) is 11.0. The zero-order chi connectivity index (χ0) is 14.9. The number of halogens is 3. The number of rotatable bonds is 4. The summed E-state index contributed by atoms with van der Waals surface area (Å²) in [5.74, 6) is -0.833. The van der Waals surface area contributed by atoms with Crippen LogP contribution in [0.5, 0.6) is 5.75 Å². The van der Waals surface area contributed by atoms with Gasteiger partial charge in [0.2, 0.25) is 0 Å². The average molecular weight is 336 g/mol. The third-order valence-corrected chi connectivity index (χ3v) is 3.39. The van der Waals surface area contributed by atoms with Gasteiger partial charge in [-0.3, -0.25) is 4.68 Å². The van der Waals surface area contributed by atoms with Crippen molar-refractivity contribution in [1.82, 2.24) is 9.78 Å². The lowest BCUT2D eigenvalue weighted by atomic mass is 10.2. The molecular formula is C12H9Cl3N2O3. The lowest BCUT2D eigenvalue weighted by molar-refractivity contribution is 0.0693. The SMILES string of the molecule is Cn1ncc(C(=O)O)c1COc1c(Cl)cc(Cl)cc1Cl. The quantitative estimate of drug-likeness (QED) is 0.926. The van der Waals surface area contributed by atoms with Gasteiger partial charge >= 0.3 is 5.97 Å². The first kappa shape index (κ1) is 15.0. The molecule has 0 radical (unpaired) electrons. The van der Waals surface area contributed by atoms with E-state index in [0.717, 1.165) is 0 Å². The Hall–Kier alpha value is -1.43. The average Bonchev–Trinajstić information content (AvgIpc) is 2.69. The number of hydrogen-bond acceptors (Lipinski definition) is 3. The minimum Gasteiger partial charge on any atom is -0.484 e. The number of nitrogens with zero attached hydrogens (tertiary/aromatic N) is 2. The molecule has 1 aromatic heterocycles. The molecule has 0 atom stereocenters. The maximum atomic E-state index is 11.0. The Morgan fingerprint density at radius 1 is 1.35 bits per heavy atom. The van der Waals surface area contributed by atoms with Crippen LogP contribution in [0.2, 0.25) is 15.1 Å². The van der Waals surface area contributed by atoms with Gasteiger partial charge in [0.05, 0.1) is 21.9 Å². The molecular weight excluding hydrogens is 327 g/mol. The maximum Gasteiger partial charge on any atom is 0.339 e. The molecule has 0 aliphatic heterocycles. The third kappa shape index (κ3) is 3.00. The fraction of sp³-hybridized carbons (Fsp3) is 0.167. The molecule has 8 heteroatoms. The molecule has 0 amide bonds. The van der Waals surface area contributed by atoms with Crippen molar-refractivity contribution in [1.29, 1.82) is 0 Å². The van der Waals surface area contributed by atoms with Crippen molar-refractivity contribution in [3.63, 3.8) is 0 Å². The summed E-state index contributed by atoms with van der Waals surface area (Å²) < 4.78 is 6.91. The van der Waals surface area contributed by atoms with E-state index in [1.54, 1.807) is 7.05 Å². The van der Waals surface area contributed by atoms with Gasteiger partial charge in [0.1, 0.15) is 12.2 Å². The Morgan fingerprint density at radius 2 is 1.95 bits per heavy atom. The Labute approximate surface area is 129 Å². The van der Waals surface area contributed by atoms with Crippen molar-refractivity contribution >= 4 is 40.8 Å². The molecule has 20 heavy (non-hydrogen) atoms. The highest BCUT2D eigenvalue weighted by molar-refractivity contribution is 6.40. The van der Waals surface area contributed by atoms with Crippen LogP contribution >= 0.6 is 34.8 Å². The van der Waals surface area contributed by atoms with Crippen molar-refractivity contribution in [3.8, 4) is 5.75 Å². The second kappa shape index (κ2) is 5.91. The van der Waals surface area contributed by atoms with E-state index < -0.39 is 5.97 Å². The number of ether oxygens (including phenoxy) is 1. The minimum atomic E-state index is -1.08. The highest BCUT2D eigenvalue weighted by atomic mass is 35.5. The minimum absolute atomic E-state index is 0.0286. The van der Waals surface area contributed by atoms with Crippen molar-refractivity contribution in [3.05, 3.63) is 44.7 Å². The fourth-order valence-corrected chi connectivity index (χ4v) is 2.55. The number of benzene rings is 1. The van der Waals surface area contributed by atoms with E-state index in [1.165, 1.54) is 23.0 Å². The van der Waals surface area contributed by atoms with Crippen LogP contribution in [0.15, 0.2) is 18.3 Å². The van der Waals surface area contributed by atoms with Crippen LogP contribution < -0.4 is 4.74 Å². The molecule has 0 aliphatic carbocycles. The first-order valence-electron chi connectivity index (χ1n) is 5.41. The summed E-state index contributed by atoms with van der Waals surface area (Å²) >= 11 is 17.8. The lowest BCUT2D eigenvalue weighted by Gasteiger charge is -2.11. The third-order valence-electron chi connectivity index (χ3n) is 2.61. The van der Waals surface area contributed by atoms with E-state index in [0.29, 0.717) is 10.7 Å². The predicted octanol–water partition coefficient (Wildman–Crippen LogP) is 3.66. The maximum absolute atomic E-state index is 11.0. The Kier molecular flexibility index (Phi) is 4.42. The second-order valence-electron chi connectivity index (χ2n) is 3.92. The molecule has 1 heterocycles. The zero-order valence-corrected chi connectivity index (χ0v) is 12.5. The van der Waals surface area contributed by atoms with Crippen LogP contribution in [0, 0.1) is 0 Å². The smallest absolute Gasteiger partial charge is 0.339 e. The van der Waals surface area contributed by atoms with Crippen molar-refractivity contribution in [2.45, 2.75) is 6.61 Å². The molecule has 1 N–H and O–H groups in total. The molecule has 2 rings (SSSR count). The fourth-order valence-electron chi connectivity index (χ4n) is 1.62.